The topological polar surface area (TPSA) is 72.6 Å². The van der Waals surface area contributed by atoms with E-state index in [-0.39, 0.29) is 11.5 Å². The van der Waals surface area contributed by atoms with Crippen LogP contribution in [0.1, 0.15) is 17.4 Å². The molecule has 0 saturated carbocycles. The van der Waals surface area contributed by atoms with E-state index in [1.165, 1.54) is 0 Å². The van der Waals surface area contributed by atoms with E-state index in [9.17, 15) is 4.79 Å². The number of rotatable bonds is 4. The summed E-state index contributed by atoms with van der Waals surface area (Å²) in [5.74, 6) is -0.337. The van der Waals surface area contributed by atoms with Crippen molar-refractivity contribution >= 4 is 5.97 Å². The molecule has 0 unspecified atom stereocenters. The summed E-state index contributed by atoms with van der Waals surface area (Å²) in [6, 6.07) is 7.09. The fourth-order valence-electron chi connectivity index (χ4n) is 1.53. The van der Waals surface area contributed by atoms with Gasteiger partial charge in [-0.25, -0.2) is 9.78 Å². The Morgan fingerprint density at radius 2 is 2.24 bits per heavy atom. The number of para-hydroxylation sites is 1. The van der Waals surface area contributed by atoms with Gasteiger partial charge >= 0.3 is 5.97 Å². The summed E-state index contributed by atoms with van der Waals surface area (Å²) in [5, 5.41) is 8.97. The molecule has 5 nitrogen and oxygen atoms in total. The molecular weight excluding hydrogens is 222 g/mol. The third kappa shape index (κ3) is 2.13. The summed E-state index contributed by atoms with van der Waals surface area (Å²) in [6.45, 7) is 2.35. The number of hydrogen-bond donors (Lipinski definition) is 1. The van der Waals surface area contributed by atoms with Gasteiger partial charge in [-0.1, -0.05) is 12.1 Å². The first-order valence-corrected chi connectivity index (χ1v) is 5.13. The van der Waals surface area contributed by atoms with Crippen LogP contribution in [0, 0.1) is 0 Å². The molecule has 17 heavy (non-hydrogen) atoms. The molecule has 0 aliphatic rings. The van der Waals surface area contributed by atoms with Gasteiger partial charge in [0.05, 0.1) is 12.2 Å². The van der Waals surface area contributed by atoms with Crippen LogP contribution < -0.4 is 4.74 Å². The largest absolute Gasteiger partial charge is 0.493 e. The van der Waals surface area contributed by atoms with E-state index in [2.05, 4.69) is 4.98 Å². The minimum Gasteiger partial charge on any atom is -0.493 e. The molecule has 1 aromatic carbocycles. The standard InChI is InChI=1S/C12H11NO4/c1-2-16-9-6-4-3-5-8(9)11-10(12(14)15)13-7-17-11/h3-7H,2H2,1H3,(H,14,15). The maximum absolute atomic E-state index is 11.0. The van der Waals surface area contributed by atoms with Crippen molar-refractivity contribution < 1.29 is 19.1 Å². The number of aromatic carboxylic acids is 1. The molecular formula is C12H11NO4. The zero-order valence-electron chi connectivity index (χ0n) is 9.21. The Bertz CT molecular complexity index is 533. The molecule has 88 valence electrons. The molecule has 0 aliphatic carbocycles. The van der Waals surface area contributed by atoms with Gasteiger partial charge in [0.25, 0.3) is 0 Å². The number of carbonyl (C=O) groups is 1. The molecule has 1 N–H and O–H groups in total. The Balaban J connectivity index is 2.52. The fourth-order valence-corrected chi connectivity index (χ4v) is 1.53. The van der Waals surface area contributed by atoms with Crippen LogP contribution >= 0.6 is 0 Å². The molecule has 0 atom stereocenters. The number of benzene rings is 1. The highest BCUT2D eigenvalue weighted by molar-refractivity contribution is 5.92. The lowest BCUT2D eigenvalue weighted by Gasteiger charge is -2.07. The summed E-state index contributed by atoms with van der Waals surface area (Å²) in [4.78, 5) is 14.6. The van der Waals surface area contributed by atoms with Crippen molar-refractivity contribution in [1.29, 1.82) is 0 Å². The Morgan fingerprint density at radius 1 is 1.47 bits per heavy atom. The molecule has 1 aromatic heterocycles. The van der Waals surface area contributed by atoms with E-state index in [1.807, 2.05) is 13.0 Å². The minimum absolute atomic E-state index is 0.114. The highest BCUT2D eigenvalue weighted by Gasteiger charge is 2.19. The average molecular weight is 233 g/mol. The third-order valence-corrected chi connectivity index (χ3v) is 2.20. The molecule has 0 radical (unpaired) electrons. The number of hydrogen-bond acceptors (Lipinski definition) is 4. The predicted molar refractivity (Wildman–Crippen MR) is 60.1 cm³/mol. The van der Waals surface area contributed by atoms with Crippen LogP contribution in [0.15, 0.2) is 35.1 Å². The molecule has 0 bridgehead atoms. The van der Waals surface area contributed by atoms with Gasteiger partial charge in [-0.05, 0) is 19.1 Å². The average Bonchev–Trinajstić information content (AvgIpc) is 2.79. The SMILES string of the molecule is CCOc1ccccc1-c1ocnc1C(=O)O. The first kappa shape index (κ1) is 11.2. The maximum atomic E-state index is 11.0. The summed E-state index contributed by atoms with van der Waals surface area (Å²) < 4.78 is 10.5. The molecule has 0 aliphatic heterocycles. The Hall–Kier alpha value is -2.30. The van der Waals surface area contributed by atoms with E-state index < -0.39 is 5.97 Å². The third-order valence-electron chi connectivity index (χ3n) is 2.20. The Labute approximate surface area is 97.7 Å². The summed E-state index contributed by atoms with van der Waals surface area (Å²) in [5.41, 5.74) is 0.474. The van der Waals surface area contributed by atoms with Crippen molar-refractivity contribution in [1.82, 2.24) is 4.98 Å². The number of nitrogens with zero attached hydrogens (tertiary/aromatic N) is 1. The van der Waals surface area contributed by atoms with Crippen molar-refractivity contribution in [3.8, 4) is 17.1 Å². The predicted octanol–water partition coefficient (Wildman–Crippen LogP) is 2.44. The highest BCUT2D eigenvalue weighted by Crippen LogP contribution is 2.31. The van der Waals surface area contributed by atoms with Gasteiger partial charge in [0.2, 0.25) is 0 Å². The monoisotopic (exact) mass is 233 g/mol. The fraction of sp³-hybridized carbons (Fsp3) is 0.167. The van der Waals surface area contributed by atoms with Crippen LogP contribution in [0.25, 0.3) is 11.3 Å². The summed E-state index contributed by atoms with van der Waals surface area (Å²) in [6.07, 6.45) is 1.11. The number of aromatic nitrogens is 1. The van der Waals surface area contributed by atoms with E-state index in [0.717, 1.165) is 6.39 Å². The zero-order valence-corrected chi connectivity index (χ0v) is 9.21. The molecule has 2 aromatic rings. The van der Waals surface area contributed by atoms with Crippen LogP contribution in [0.2, 0.25) is 0 Å². The zero-order chi connectivity index (χ0) is 12.3. The molecule has 0 spiro atoms. The van der Waals surface area contributed by atoms with Gasteiger partial charge in [0.1, 0.15) is 5.75 Å². The number of ether oxygens (including phenoxy) is 1. The molecule has 2 rings (SSSR count). The summed E-state index contributed by atoms with van der Waals surface area (Å²) >= 11 is 0. The minimum atomic E-state index is -1.12. The molecule has 0 amide bonds. The van der Waals surface area contributed by atoms with E-state index >= 15 is 0 Å². The molecule has 1 heterocycles. The smallest absolute Gasteiger partial charge is 0.358 e. The van der Waals surface area contributed by atoms with Crippen LogP contribution in [0.5, 0.6) is 5.75 Å². The highest BCUT2D eigenvalue weighted by atomic mass is 16.5. The second-order valence-corrected chi connectivity index (χ2v) is 3.26. The van der Waals surface area contributed by atoms with Crippen molar-refractivity contribution in [2.75, 3.05) is 6.61 Å². The van der Waals surface area contributed by atoms with E-state index in [4.69, 9.17) is 14.3 Å². The van der Waals surface area contributed by atoms with Crippen LogP contribution in [0.4, 0.5) is 0 Å². The van der Waals surface area contributed by atoms with E-state index in [1.54, 1.807) is 18.2 Å². The maximum Gasteiger partial charge on any atom is 0.358 e. The van der Waals surface area contributed by atoms with Crippen molar-refractivity contribution in [2.24, 2.45) is 0 Å². The molecule has 0 saturated heterocycles. The lowest BCUT2D eigenvalue weighted by atomic mass is 10.1. The summed E-state index contributed by atoms with van der Waals surface area (Å²) in [7, 11) is 0. The molecule has 0 fully saturated rings. The second-order valence-electron chi connectivity index (χ2n) is 3.26. The Kier molecular flexibility index (Phi) is 3.09. The van der Waals surface area contributed by atoms with Crippen molar-refractivity contribution in [3.63, 3.8) is 0 Å². The quantitative estimate of drug-likeness (QED) is 0.877. The number of carboxylic acid groups (broad SMARTS) is 1. The van der Waals surface area contributed by atoms with Crippen LogP contribution in [-0.4, -0.2) is 22.7 Å². The van der Waals surface area contributed by atoms with Crippen LogP contribution in [-0.2, 0) is 0 Å². The van der Waals surface area contributed by atoms with Crippen LogP contribution in [0.3, 0.4) is 0 Å². The number of carboxylic acids is 1. The van der Waals surface area contributed by atoms with Gasteiger partial charge < -0.3 is 14.3 Å². The van der Waals surface area contributed by atoms with E-state index in [0.29, 0.717) is 17.9 Å². The number of oxazole rings is 1. The van der Waals surface area contributed by atoms with Gasteiger partial charge in [0, 0.05) is 0 Å². The van der Waals surface area contributed by atoms with Crippen molar-refractivity contribution in [3.05, 3.63) is 36.4 Å². The lowest BCUT2D eigenvalue weighted by molar-refractivity contribution is 0.0691. The van der Waals surface area contributed by atoms with Gasteiger partial charge in [0.15, 0.2) is 17.8 Å². The first-order valence-electron chi connectivity index (χ1n) is 5.13. The molecule has 5 heteroatoms. The lowest BCUT2D eigenvalue weighted by Crippen LogP contribution is -2.00. The van der Waals surface area contributed by atoms with Crippen molar-refractivity contribution in [2.45, 2.75) is 6.92 Å². The van der Waals surface area contributed by atoms with Gasteiger partial charge in [-0.15, -0.1) is 0 Å². The Morgan fingerprint density at radius 3 is 2.94 bits per heavy atom. The first-order chi connectivity index (χ1) is 8.24. The van der Waals surface area contributed by atoms with Gasteiger partial charge in [-0.2, -0.15) is 0 Å². The van der Waals surface area contributed by atoms with Gasteiger partial charge in [-0.3, -0.25) is 0 Å². The second kappa shape index (κ2) is 4.69. The normalized spacial score (nSPS) is 10.2.